The molecule has 4 N–H and O–H groups in total. The Bertz CT molecular complexity index is 2630. The van der Waals surface area contributed by atoms with Crippen molar-refractivity contribution in [2.45, 2.75) is 399 Å². The second kappa shape index (κ2) is 86.8. The highest BCUT2D eigenvalue weighted by atomic mass is 31.2. The van der Waals surface area contributed by atoms with E-state index in [-0.39, 0.29) is 19.3 Å². The minimum Gasteiger partial charge on any atom is -0.463 e. The van der Waals surface area contributed by atoms with Crippen LogP contribution in [0.3, 0.4) is 0 Å². The molecule has 16 nitrogen and oxygen atoms in total. The Hall–Kier alpha value is -4.57. The molecular weight excluding hydrogens is 1460 g/mol. The van der Waals surface area contributed by atoms with Gasteiger partial charge in [0.25, 0.3) is 0 Å². The van der Waals surface area contributed by atoms with Gasteiger partial charge >= 0.3 is 33.6 Å². The number of aliphatic hydroxyl groups excluding tert-OH is 2. The van der Waals surface area contributed by atoms with E-state index >= 15 is 0 Å². The summed E-state index contributed by atoms with van der Waals surface area (Å²) in [6, 6.07) is 0. The van der Waals surface area contributed by atoms with E-state index in [2.05, 4.69) is 167 Å². The van der Waals surface area contributed by atoms with Gasteiger partial charge in [0.05, 0.1) is 26.4 Å². The average Bonchev–Trinajstić information content (AvgIpc) is 0.903. The van der Waals surface area contributed by atoms with Crippen LogP contribution in [-0.4, -0.2) is 95.9 Å². The van der Waals surface area contributed by atoms with Gasteiger partial charge in [-0.1, -0.05) is 366 Å². The number of esters is 3. The summed E-state index contributed by atoms with van der Waals surface area (Å²) in [5.41, 5.74) is 0. The zero-order chi connectivity index (χ0) is 82.2. The fraction of sp³-hybridized carbons (Fsp3) is 0.716. The lowest BCUT2D eigenvalue weighted by Crippen LogP contribution is -2.30. The zero-order valence-corrected chi connectivity index (χ0v) is 73.3. The van der Waals surface area contributed by atoms with Gasteiger partial charge in [0.15, 0.2) is 6.10 Å². The molecule has 113 heavy (non-hydrogen) atoms. The average molecular weight is 1620 g/mol. The van der Waals surface area contributed by atoms with Gasteiger partial charge in [0, 0.05) is 19.3 Å². The first-order valence-electron chi connectivity index (χ1n) is 45.1. The number of hydrogen-bond acceptors (Lipinski definition) is 14. The lowest BCUT2D eigenvalue weighted by Gasteiger charge is -2.21. The van der Waals surface area contributed by atoms with Crippen molar-refractivity contribution in [3.63, 3.8) is 0 Å². The van der Waals surface area contributed by atoms with E-state index in [0.29, 0.717) is 19.3 Å². The summed E-state index contributed by atoms with van der Waals surface area (Å²) < 4.78 is 61.4. The van der Waals surface area contributed by atoms with E-state index < -0.39 is 91.5 Å². The molecule has 0 amide bonds. The summed E-state index contributed by atoms with van der Waals surface area (Å²) in [6.07, 6.45) is 109. The molecule has 0 saturated carbocycles. The molecule has 0 aromatic heterocycles. The lowest BCUT2D eigenvalue weighted by molar-refractivity contribution is -0.161. The first-order chi connectivity index (χ1) is 55.2. The van der Waals surface area contributed by atoms with Crippen LogP contribution < -0.4 is 0 Å². The quantitative estimate of drug-likeness (QED) is 0.0146. The SMILES string of the molecule is CC/C=C\C/C=C\C/C=C\C/C=C\C/C=C\CCCCCCCCCCCCCCCCCCCC(=O)OCC(O)COP(=O)(O)OCC(O)COP(=O)(O)OCC(COC(=O)CCCCCCCCCCCCCCC/C=C\C/C=C\C/C=C\C/C=C\CCCCC)OC(=O)CCCCCCC/C=C\C/C=C\C/C=C\CC. The summed E-state index contributed by atoms with van der Waals surface area (Å²) in [6.45, 7) is 2.45. The summed E-state index contributed by atoms with van der Waals surface area (Å²) in [5.74, 6) is -1.59. The summed E-state index contributed by atoms with van der Waals surface area (Å²) >= 11 is 0. The third-order valence-electron chi connectivity index (χ3n) is 19.0. The summed E-state index contributed by atoms with van der Waals surface area (Å²) in [5, 5.41) is 20.7. The van der Waals surface area contributed by atoms with Crippen LogP contribution in [0.4, 0.5) is 0 Å². The summed E-state index contributed by atoms with van der Waals surface area (Å²) in [4.78, 5) is 58.9. The van der Waals surface area contributed by atoms with Crippen molar-refractivity contribution in [1.29, 1.82) is 0 Å². The van der Waals surface area contributed by atoms with Crippen molar-refractivity contribution < 1.29 is 75.8 Å². The van der Waals surface area contributed by atoms with Gasteiger partial charge in [0.1, 0.15) is 25.4 Å². The van der Waals surface area contributed by atoms with Crippen LogP contribution in [0.2, 0.25) is 0 Å². The maximum atomic E-state index is 13.0. The monoisotopic (exact) mass is 1620 g/mol. The van der Waals surface area contributed by atoms with Crippen molar-refractivity contribution in [3.8, 4) is 0 Å². The Kier molecular flexibility index (Phi) is 83.3. The first kappa shape index (κ1) is 108. The number of aliphatic hydroxyl groups is 2. The van der Waals surface area contributed by atoms with E-state index in [9.17, 15) is 43.5 Å². The van der Waals surface area contributed by atoms with Crippen LogP contribution in [0.25, 0.3) is 0 Å². The smallest absolute Gasteiger partial charge is 0.463 e. The van der Waals surface area contributed by atoms with E-state index in [0.717, 1.165) is 154 Å². The Morgan fingerprint density at radius 1 is 0.257 bits per heavy atom. The van der Waals surface area contributed by atoms with Gasteiger partial charge in [0.2, 0.25) is 0 Å². The predicted molar refractivity (Wildman–Crippen MR) is 473 cm³/mol. The Morgan fingerprint density at radius 2 is 0.469 bits per heavy atom. The van der Waals surface area contributed by atoms with Crippen molar-refractivity contribution in [2.75, 3.05) is 39.6 Å². The second-order valence-electron chi connectivity index (χ2n) is 30.0. The zero-order valence-electron chi connectivity index (χ0n) is 71.5. The standard InChI is InChI=1S/C95H164O16P2/c1-4-7-10-13-16-19-22-25-28-30-32-34-36-38-40-42-43-44-45-47-49-50-52-54-56-58-61-63-66-69-72-75-78-81-93(98)105-84-90(96)85-107-112(101,102)108-86-91(97)87-109-113(103,104)110-89-92(111-95(100)83-80-77-74-71-68-65-60-27-24-21-18-15-12-9-6-3)88-106-94(99)82-79-76-73-70-67-64-62-59-57-55-53-51-48-46-41-39-37-35-33-31-29-26-23-20-17-14-11-8-5-2/h7,9-10,12,16-21,25-29,32-35,38-41,60,90-92,96-97H,4-6,8,11,13-15,22-24,30-31,36-37,42-59,61-89H2,1-3H3,(H,101,102)(H,103,104)/b10-7-,12-9-,19-16-,20-17-,21-18-,28-25-,29-26-,34-32-,35-33-,40-38-,41-39-,60-27-. The molecule has 0 aromatic rings. The molecule has 0 aromatic carbocycles. The normalized spacial score (nSPS) is 14.5. The minimum atomic E-state index is -4.94. The van der Waals surface area contributed by atoms with Crippen molar-refractivity contribution in [3.05, 3.63) is 146 Å². The topological polar surface area (TPSA) is 231 Å². The van der Waals surface area contributed by atoms with Gasteiger partial charge in [-0.2, -0.15) is 0 Å². The first-order valence-corrected chi connectivity index (χ1v) is 48.1. The fourth-order valence-corrected chi connectivity index (χ4v) is 13.8. The molecular formula is C95H164O16P2. The van der Waals surface area contributed by atoms with Crippen LogP contribution in [0, 0.1) is 0 Å². The number of carbonyl (C=O) groups is 3. The lowest BCUT2D eigenvalue weighted by atomic mass is 10.0. The van der Waals surface area contributed by atoms with Gasteiger partial charge in [-0.3, -0.25) is 32.5 Å². The molecule has 0 heterocycles. The van der Waals surface area contributed by atoms with E-state index in [1.54, 1.807) is 0 Å². The highest BCUT2D eigenvalue weighted by molar-refractivity contribution is 7.47. The molecule has 5 atom stereocenters. The molecule has 0 radical (unpaired) electrons. The van der Waals surface area contributed by atoms with Gasteiger partial charge < -0.3 is 34.2 Å². The van der Waals surface area contributed by atoms with Crippen molar-refractivity contribution in [2.24, 2.45) is 0 Å². The van der Waals surface area contributed by atoms with Crippen LogP contribution in [0.1, 0.15) is 380 Å². The van der Waals surface area contributed by atoms with Gasteiger partial charge in [-0.25, -0.2) is 9.13 Å². The minimum absolute atomic E-state index is 0.0834. The van der Waals surface area contributed by atoms with Crippen LogP contribution >= 0.6 is 15.6 Å². The maximum absolute atomic E-state index is 13.0. The number of unbranched alkanes of at least 4 members (excludes halogenated alkanes) is 38. The molecule has 0 saturated heterocycles. The predicted octanol–water partition coefficient (Wildman–Crippen LogP) is 27.6. The number of hydrogen-bond donors (Lipinski definition) is 4. The molecule has 0 spiro atoms. The third-order valence-corrected chi connectivity index (χ3v) is 20.9. The molecule has 0 aliphatic rings. The number of allylic oxidation sites excluding steroid dienone is 24. The molecule has 650 valence electrons. The number of phosphoric acid groups is 2. The number of ether oxygens (including phenoxy) is 3. The second-order valence-corrected chi connectivity index (χ2v) is 32.9. The molecule has 0 rings (SSSR count). The molecule has 5 unspecified atom stereocenters. The van der Waals surface area contributed by atoms with Crippen molar-refractivity contribution in [1.82, 2.24) is 0 Å². The molecule has 0 bridgehead atoms. The fourth-order valence-electron chi connectivity index (χ4n) is 12.2. The van der Waals surface area contributed by atoms with Crippen LogP contribution in [-0.2, 0) is 55.8 Å². The largest absolute Gasteiger partial charge is 0.472 e. The maximum Gasteiger partial charge on any atom is 0.472 e. The van der Waals surface area contributed by atoms with Crippen LogP contribution in [0.5, 0.6) is 0 Å². The summed E-state index contributed by atoms with van der Waals surface area (Å²) in [7, 11) is -9.81. The van der Waals surface area contributed by atoms with Crippen molar-refractivity contribution >= 4 is 33.6 Å². The van der Waals surface area contributed by atoms with E-state index in [1.807, 2.05) is 0 Å². The molecule has 18 heteroatoms. The Labute approximate surface area is 689 Å². The number of phosphoric ester groups is 2. The third kappa shape index (κ3) is 88.1. The highest BCUT2D eigenvalue weighted by Crippen LogP contribution is 2.45. The van der Waals surface area contributed by atoms with E-state index in [1.165, 1.54) is 167 Å². The molecule has 0 fully saturated rings. The molecule has 0 aliphatic heterocycles. The molecule has 0 aliphatic carbocycles. The van der Waals surface area contributed by atoms with E-state index in [4.69, 9.17) is 32.3 Å². The van der Waals surface area contributed by atoms with Crippen LogP contribution in [0.15, 0.2) is 146 Å². The van der Waals surface area contributed by atoms with Gasteiger partial charge in [-0.05, 0) is 141 Å². The number of carbonyl (C=O) groups excluding carboxylic acids is 3. The van der Waals surface area contributed by atoms with Gasteiger partial charge in [-0.15, -0.1) is 0 Å². The Balaban J connectivity index is 4.45. The highest BCUT2D eigenvalue weighted by Gasteiger charge is 2.29. The Morgan fingerprint density at radius 3 is 0.743 bits per heavy atom. The number of rotatable bonds is 85.